The predicted octanol–water partition coefficient (Wildman–Crippen LogP) is 12.5. The van der Waals surface area contributed by atoms with Gasteiger partial charge in [-0.25, -0.2) is 8.42 Å². The van der Waals surface area contributed by atoms with Crippen molar-refractivity contribution in [2.75, 3.05) is 24.6 Å². The summed E-state index contributed by atoms with van der Waals surface area (Å²) in [5, 5.41) is 14.2. The van der Waals surface area contributed by atoms with Crippen molar-refractivity contribution >= 4 is 69.8 Å². The molecule has 0 aromatic heterocycles. The van der Waals surface area contributed by atoms with Gasteiger partial charge in [-0.15, -0.1) is 0 Å². The molecule has 0 unspecified atom stereocenters. The first-order valence-electron chi connectivity index (χ1n) is 25.3. The van der Waals surface area contributed by atoms with Crippen LogP contribution in [0.4, 0.5) is 0 Å². The molecule has 0 bridgehead atoms. The van der Waals surface area contributed by atoms with Crippen LogP contribution >= 0.6 is 0 Å². The molecule has 0 radical (unpaired) electrons. The minimum absolute atomic E-state index is 0. The molecular weight excluding hydrogens is 837 g/mol. The standard InChI is InChI=1S/2C24H49NO4S.Ca/c2*1-2-3-4-5-6-7-8-9-10-11-12-13-14-15-16-17-18-19-21-24(26)25-22-20-23-30(27,28)29;/h2*2-23H2,1H3,(H,25,26)(H,27,28,29);/q;;+2/p-2. The zero-order chi connectivity index (χ0) is 44.7. The van der Waals surface area contributed by atoms with Crippen molar-refractivity contribution in [2.24, 2.45) is 4.99 Å². The van der Waals surface area contributed by atoms with Crippen LogP contribution in [0.15, 0.2) is 4.99 Å². The topological polar surface area (TPSA) is 176 Å². The van der Waals surface area contributed by atoms with E-state index in [0.717, 1.165) is 25.7 Å². The van der Waals surface area contributed by atoms with E-state index >= 15 is 0 Å². The molecule has 0 spiro atoms. The van der Waals surface area contributed by atoms with Gasteiger partial charge in [0.1, 0.15) is 0 Å². The van der Waals surface area contributed by atoms with E-state index in [0.29, 0.717) is 19.4 Å². The van der Waals surface area contributed by atoms with Crippen LogP contribution in [0.3, 0.4) is 0 Å². The van der Waals surface area contributed by atoms with E-state index in [1.165, 1.54) is 205 Å². The number of amides is 1. The van der Waals surface area contributed by atoms with Gasteiger partial charge in [0.15, 0.2) is 0 Å². The number of nitrogens with one attached hydrogen (secondary N) is 1. The number of carbonyl (C=O) groups is 1. The summed E-state index contributed by atoms with van der Waals surface area (Å²) in [7, 11) is -8.11. The Morgan fingerprint density at radius 1 is 0.459 bits per heavy atom. The summed E-state index contributed by atoms with van der Waals surface area (Å²) in [4.78, 5) is 15.4. The summed E-state index contributed by atoms with van der Waals surface area (Å²) in [5.41, 5.74) is 0. The molecule has 0 saturated carbocycles. The van der Waals surface area contributed by atoms with Crippen LogP contribution in [0.25, 0.3) is 0 Å². The minimum atomic E-state index is -4.19. The minimum Gasteiger partial charge on any atom is -0.862 e. The number of aliphatic imine (C=N–C) groups is 1. The molecule has 0 rings (SSSR count). The summed E-state index contributed by atoms with van der Waals surface area (Å²) >= 11 is 0. The smallest absolute Gasteiger partial charge is 0.862 e. The molecule has 0 aromatic carbocycles. The van der Waals surface area contributed by atoms with Gasteiger partial charge >= 0.3 is 37.7 Å². The number of rotatable bonds is 46. The molecule has 0 aliphatic heterocycles. The Hall–Kier alpha value is 0.0197. The number of carbonyl (C=O) groups excluding carboxylic acids is 1. The van der Waals surface area contributed by atoms with Crippen molar-refractivity contribution in [1.82, 2.24) is 5.32 Å². The molecule has 2 N–H and O–H groups in total. The van der Waals surface area contributed by atoms with Crippen molar-refractivity contribution in [1.29, 1.82) is 0 Å². The maximum absolute atomic E-state index is 11.6. The van der Waals surface area contributed by atoms with Crippen LogP contribution in [-0.4, -0.2) is 100 Å². The van der Waals surface area contributed by atoms with Crippen molar-refractivity contribution in [3.8, 4) is 0 Å². The summed E-state index contributed by atoms with van der Waals surface area (Å²) in [6.07, 6.45) is 49.0. The molecule has 0 atom stereocenters. The Kier molecular flexibility index (Phi) is 54.6. The average molecular weight is 934 g/mol. The Morgan fingerprint density at radius 3 is 1.05 bits per heavy atom. The third-order valence-corrected chi connectivity index (χ3v) is 12.8. The number of unbranched alkanes of at least 4 members (excludes halogenated alkanes) is 34. The summed E-state index contributed by atoms with van der Waals surface area (Å²) in [6.45, 7) is 4.98. The van der Waals surface area contributed by atoms with E-state index in [-0.39, 0.29) is 74.7 Å². The normalized spacial score (nSPS) is 11.9. The zero-order valence-electron chi connectivity index (χ0n) is 39.9. The van der Waals surface area contributed by atoms with E-state index in [1.807, 2.05) is 0 Å². The monoisotopic (exact) mass is 933 g/mol. The van der Waals surface area contributed by atoms with Crippen LogP contribution in [0, 0.1) is 0 Å². The van der Waals surface area contributed by atoms with Gasteiger partial charge in [-0.2, -0.15) is 8.42 Å². The van der Waals surface area contributed by atoms with Crippen LogP contribution in [0.1, 0.15) is 271 Å². The second-order valence-electron chi connectivity index (χ2n) is 17.4. The predicted molar refractivity (Wildman–Crippen MR) is 258 cm³/mol. The molecular formula is C48H96CaN2O8S2. The first-order chi connectivity index (χ1) is 28.9. The SMILES string of the molecule is CCCCCCCCCCCCCCCCCCCCC(=O)NCCCS(=O)(=O)O.CCCCCCCCCCCCCCCCCCCCC([O-])=NCCCS(=O)(=O)[O-].[Ca+2]. The van der Waals surface area contributed by atoms with Gasteiger partial charge in [-0.05, 0) is 38.0 Å². The summed E-state index contributed by atoms with van der Waals surface area (Å²) in [5.74, 6) is -0.938. The van der Waals surface area contributed by atoms with Gasteiger partial charge in [0.2, 0.25) is 5.91 Å². The third-order valence-electron chi connectivity index (χ3n) is 11.2. The molecule has 0 saturated heterocycles. The quantitative estimate of drug-likeness (QED) is 0.0199. The first kappa shape index (κ1) is 65.3. The fraction of sp³-hybridized carbons (Fsp3) is 0.958. The maximum Gasteiger partial charge on any atom is 2.00 e. The van der Waals surface area contributed by atoms with Crippen LogP contribution < -0.4 is 10.4 Å². The molecule has 0 heterocycles. The van der Waals surface area contributed by atoms with E-state index in [4.69, 9.17) is 4.55 Å². The fourth-order valence-corrected chi connectivity index (χ4v) is 8.45. The van der Waals surface area contributed by atoms with Gasteiger partial charge in [0.25, 0.3) is 10.1 Å². The molecule has 0 aliphatic rings. The molecule has 0 aromatic rings. The third kappa shape index (κ3) is 64.4. The maximum atomic E-state index is 11.6. The Labute approximate surface area is 408 Å². The largest absolute Gasteiger partial charge is 2.00 e. The Balaban J connectivity index is -0.00000109. The molecule has 1 amide bonds. The van der Waals surface area contributed by atoms with Crippen molar-refractivity contribution in [3.05, 3.63) is 0 Å². The average Bonchev–Trinajstić information content (AvgIpc) is 3.19. The first-order valence-corrected chi connectivity index (χ1v) is 28.5. The number of nitrogens with zero attached hydrogens (tertiary/aromatic N) is 1. The van der Waals surface area contributed by atoms with Gasteiger partial charge < -0.3 is 20.0 Å². The van der Waals surface area contributed by atoms with Gasteiger partial charge in [-0.1, -0.05) is 232 Å². The van der Waals surface area contributed by atoms with Crippen molar-refractivity contribution < 1.29 is 35.8 Å². The van der Waals surface area contributed by atoms with E-state index in [2.05, 4.69) is 24.2 Å². The van der Waals surface area contributed by atoms with Gasteiger partial charge in [0.05, 0.1) is 15.9 Å². The second-order valence-corrected chi connectivity index (χ2v) is 20.5. The van der Waals surface area contributed by atoms with Crippen molar-refractivity contribution in [2.45, 2.75) is 271 Å². The van der Waals surface area contributed by atoms with E-state index < -0.39 is 26.0 Å². The van der Waals surface area contributed by atoms with Gasteiger partial charge in [-0.3, -0.25) is 9.35 Å². The van der Waals surface area contributed by atoms with Crippen LogP contribution in [0.5, 0.6) is 0 Å². The number of hydrogen-bond donors (Lipinski definition) is 2. The Morgan fingerprint density at radius 2 is 0.754 bits per heavy atom. The zero-order valence-corrected chi connectivity index (χ0v) is 43.7. The second kappa shape index (κ2) is 51.0. The molecule has 0 aliphatic carbocycles. The summed E-state index contributed by atoms with van der Waals surface area (Å²) in [6, 6.07) is 0. The number of hydrogen-bond acceptors (Lipinski definition) is 8. The summed E-state index contributed by atoms with van der Waals surface area (Å²) < 4.78 is 61.1. The molecule has 61 heavy (non-hydrogen) atoms. The van der Waals surface area contributed by atoms with Crippen molar-refractivity contribution in [3.63, 3.8) is 0 Å². The fourth-order valence-electron chi connectivity index (χ4n) is 7.46. The molecule has 0 fully saturated rings. The van der Waals surface area contributed by atoms with Crippen LogP contribution in [-0.2, 0) is 25.0 Å². The van der Waals surface area contributed by atoms with Crippen LogP contribution in [0.2, 0.25) is 0 Å². The molecule has 13 heteroatoms. The van der Waals surface area contributed by atoms with E-state index in [9.17, 15) is 31.3 Å². The van der Waals surface area contributed by atoms with E-state index in [1.54, 1.807) is 0 Å². The Bertz CT molecular complexity index is 1160. The van der Waals surface area contributed by atoms with Gasteiger partial charge in [0, 0.05) is 25.3 Å². The molecule has 10 nitrogen and oxygen atoms in total. The molecule has 360 valence electrons.